The van der Waals surface area contributed by atoms with Crippen molar-refractivity contribution >= 4 is 39.1 Å². The van der Waals surface area contributed by atoms with E-state index in [9.17, 15) is 14.7 Å². The summed E-state index contributed by atoms with van der Waals surface area (Å²) in [4.78, 5) is 32.8. The van der Waals surface area contributed by atoms with E-state index in [1.807, 2.05) is 48.5 Å². The second-order valence-corrected chi connectivity index (χ2v) is 8.91. The first kappa shape index (κ1) is 20.4. The predicted octanol–water partition coefficient (Wildman–Crippen LogP) is 4.55. The second kappa shape index (κ2) is 8.49. The van der Waals surface area contributed by atoms with Crippen LogP contribution in [0.25, 0.3) is 0 Å². The first-order chi connectivity index (χ1) is 14.5. The molecule has 4 rings (SSSR count). The van der Waals surface area contributed by atoms with Gasteiger partial charge in [-0.15, -0.1) is 18.3 Å². The molecule has 152 valence electrons. The lowest BCUT2D eigenvalue weighted by Gasteiger charge is -2.17. The quantitative estimate of drug-likeness (QED) is 0.532. The minimum absolute atomic E-state index is 0.0101. The Morgan fingerprint density at radius 3 is 2.70 bits per heavy atom. The molecule has 2 aromatic carbocycles. The standard InChI is InChI=1S/C22H18BrN3O3S/c1-2-11-26-21(28)19(20(27)25-22(26)29)16-12-18(13-7-9-14(23)10-8-13)30-17-6-4-3-5-15(17)24-16/h2-10,18,28H,1,11-12H2,(H,25,27,29)/t18-/m0/s1. The summed E-state index contributed by atoms with van der Waals surface area (Å²) in [5, 5.41) is 10.7. The van der Waals surface area contributed by atoms with Crippen LogP contribution in [0.1, 0.15) is 22.8 Å². The van der Waals surface area contributed by atoms with Gasteiger partial charge in [-0.3, -0.25) is 19.3 Å². The number of thioether (sulfide) groups is 1. The number of fused-ring (bicyclic) bond motifs is 1. The topological polar surface area (TPSA) is 87.4 Å². The van der Waals surface area contributed by atoms with E-state index in [1.165, 1.54) is 6.08 Å². The summed E-state index contributed by atoms with van der Waals surface area (Å²) in [5.41, 5.74) is 0.887. The zero-order valence-corrected chi connectivity index (χ0v) is 18.2. The summed E-state index contributed by atoms with van der Waals surface area (Å²) in [6, 6.07) is 15.7. The second-order valence-electron chi connectivity index (χ2n) is 6.75. The van der Waals surface area contributed by atoms with Crippen LogP contribution in [0.2, 0.25) is 0 Å². The molecule has 3 aromatic rings. The van der Waals surface area contributed by atoms with Gasteiger partial charge in [-0.1, -0.05) is 46.3 Å². The molecule has 1 aliphatic rings. The molecule has 0 aliphatic carbocycles. The van der Waals surface area contributed by atoms with Crippen LogP contribution in [0.4, 0.5) is 5.69 Å². The average Bonchev–Trinajstić information content (AvgIpc) is 2.91. The third kappa shape index (κ3) is 3.93. The van der Waals surface area contributed by atoms with Crippen molar-refractivity contribution in [3.63, 3.8) is 0 Å². The number of benzene rings is 2. The minimum Gasteiger partial charge on any atom is -0.494 e. The molecule has 2 N–H and O–H groups in total. The Morgan fingerprint density at radius 2 is 1.97 bits per heavy atom. The molecule has 0 bridgehead atoms. The minimum atomic E-state index is -0.686. The molecule has 0 unspecified atom stereocenters. The van der Waals surface area contributed by atoms with Gasteiger partial charge in [0.2, 0.25) is 5.88 Å². The van der Waals surface area contributed by atoms with Gasteiger partial charge in [0.05, 0.1) is 11.4 Å². The first-order valence-electron chi connectivity index (χ1n) is 9.24. The number of H-pyrrole nitrogens is 1. The zero-order valence-electron chi connectivity index (χ0n) is 15.8. The number of aromatic hydroxyl groups is 1. The van der Waals surface area contributed by atoms with E-state index < -0.39 is 17.1 Å². The maximum atomic E-state index is 12.7. The van der Waals surface area contributed by atoms with E-state index in [1.54, 1.807) is 11.8 Å². The fraction of sp³-hybridized carbons (Fsp3) is 0.136. The number of hydrogen-bond acceptors (Lipinski definition) is 5. The average molecular weight is 484 g/mol. The van der Waals surface area contributed by atoms with Crippen LogP contribution in [-0.2, 0) is 6.54 Å². The maximum absolute atomic E-state index is 12.7. The molecule has 1 aliphatic heterocycles. The third-order valence-electron chi connectivity index (χ3n) is 4.78. The molecular weight excluding hydrogens is 466 g/mol. The summed E-state index contributed by atoms with van der Waals surface area (Å²) in [7, 11) is 0. The van der Waals surface area contributed by atoms with Gasteiger partial charge in [0.25, 0.3) is 5.56 Å². The van der Waals surface area contributed by atoms with Crippen LogP contribution in [0, 0.1) is 0 Å². The molecule has 8 heteroatoms. The number of halogens is 1. The van der Waals surface area contributed by atoms with Crippen molar-refractivity contribution < 1.29 is 5.11 Å². The summed E-state index contributed by atoms with van der Waals surface area (Å²) in [6.07, 6.45) is 1.89. The molecular formula is C22H18BrN3O3S. The van der Waals surface area contributed by atoms with Gasteiger partial charge in [0.15, 0.2) is 0 Å². The lowest BCUT2D eigenvalue weighted by atomic mass is 10.0. The molecule has 0 saturated heterocycles. The van der Waals surface area contributed by atoms with E-state index in [0.717, 1.165) is 25.2 Å². The molecule has 30 heavy (non-hydrogen) atoms. The van der Waals surface area contributed by atoms with Crippen LogP contribution in [0.15, 0.2) is 85.1 Å². The number of hydrogen-bond donors (Lipinski definition) is 2. The molecule has 2 heterocycles. The lowest BCUT2D eigenvalue weighted by Crippen LogP contribution is -2.34. The van der Waals surface area contributed by atoms with E-state index in [2.05, 4.69) is 27.5 Å². The highest BCUT2D eigenvalue weighted by molar-refractivity contribution is 9.10. The molecule has 0 saturated carbocycles. The lowest BCUT2D eigenvalue weighted by molar-refractivity contribution is 0.409. The number of rotatable bonds is 4. The van der Waals surface area contributed by atoms with Crippen molar-refractivity contribution in [1.29, 1.82) is 0 Å². The summed E-state index contributed by atoms with van der Waals surface area (Å²) in [6.45, 7) is 3.68. The highest BCUT2D eigenvalue weighted by Crippen LogP contribution is 2.45. The normalized spacial score (nSPS) is 15.8. The zero-order chi connectivity index (χ0) is 21.3. The van der Waals surface area contributed by atoms with Gasteiger partial charge in [0.1, 0.15) is 5.56 Å². The van der Waals surface area contributed by atoms with Crippen LogP contribution < -0.4 is 11.2 Å². The van der Waals surface area contributed by atoms with Crippen LogP contribution in [0.3, 0.4) is 0 Å². The van der Waals surface area contributed by atoms with Crippen LogP contribution >= 0.6 is 27.7 Å². The number of aliphatic imine (C=N–C) groups is 1. The Morgan fingerprint density at radius 1 is 1.23 bits per heavy atom. The van der Waals surface area contributed by atoms with E-state index >= 15 is 0 Å². The maximum Gasteiger partial charge on any atom is 0.331 e. The number of nitrogens with zero attached hydrogens (tertiary/aromatic N) is 2. The smallest absolute Gasteiger partial charge is 0.331 e. The molecule has 1 atom stereocenters. The Balaban J connectivity index is 1.90. The van der Waals surface area contributed by atoms with E-state index in [0.29, 0.717) is 12.1 Å². The summed E-state index contributed by atoms with van der Waals surface area (Å²) in [5.74, 6) is -0.402. The number of nitrogens with one attached hydrogen (secondary N) is 1. The largest absolute Gasteiger partial charge is 0.494 e. The van der Waals surface area contributed by atoms with Gasteiger partial charge in [-0.2, -0.15) is 0 Å². The van der Waals surface area contributed by atoms with E-state index in [-0.39, 0.29) is 17.4 Å². The summed E-state index contributed by atoms with van der Waals surface area (Å²) >= 11 is 5.11. The summed E-state index contributed by atoms with van der Waals surface area (Å²) < 4.78 is 2.05. The predicted molar refractivity (Wildman–Crippen MR) is 123 cm³/mol. The van der Waals surface area contributed by atoms with Crippen LogP contribution in [-0.4, -0.2) is 20.4 Å². The third-order valence-corrected chi connectivity index (χ3v) is 6.63. The Labute approximate surface area is 185 Å². The van der Waals surface area contributed by atoms with Crippen molar-refractivity contribution in [3.8, 4) is 5.88 Å². The number of para-hydroxylation sites is 1. The number of aromatic nitrogens is 2. The highest BCUT2D eigenvalue weighted by atomic mass is 79.9. The number of allylic oxidation sites excluding steroid dienone is 1. The van der Waals surface area contributed by atoms with Crippen LogP contribution in [0.5, 0.6) is 5.88 Å². The molecule has 0 fully saturated rings. The molecule has 1 aromatic heterocycles. The fourth-order valence-electron chi connectivity index (χ4n) is 3.35. The Kier molecular flexibility index (Phi) is 5.78. The SMILES string of the molecule is C=CCn1c(O)c(C2=Nc3ccccc3S[C@H](c3ccc(Br)cc3)C2)c(=O)[nH]c1=O. The van der Waals surface area contributed by atoms with Crippen molar-refractivity contribution in [1.82, 2.24) is 9.55 Å². The Hall–Kier alpha value is -2.84. The monoisotopic (exact) mass is 483 g/mol. The molecule has 6 nitrogen and oxygen atoms in total. The van der Waals surface area contributed by atoms with Gasteiger partial charge >= 0.3 is 5.69 Å². The van der Waals surface area contributed by atoms with Crippen molar-refractivity contribution in [2.75, 3.05) is 0 Å². The first-order valence-corrected chi connectivity index (χ1v) is 10.9. The van der Waals surface area contributed by atoms with Gasteiger partial charge in [-0.05, 0) is 29.8 Å². The van der Waals surface area contributed by atoms with Crippen molar-refractivity contribution in [2.24, 2.45) is 4.99 Å². The number of aromatic amines is 1. The highest BCUT2D eigenvalue weighted by Gasteiger charge is 2.27. The Bertz CT molecular complexity index is 1260. The van der Waals surface area contributed by atoms with Crippen molar-refractivity contribution in [3.05, 3.63) is 97.6 Å². The molecule has 0 radical (unpaired) electrons. The fourth-order valence-corrected chi connectivity index (χ4v) is 4.85. The van der Waals surface area contributed by atoms with Gasteiger partial charge in [0, 0.05) is 27.6 Å². The van der Waals surface area contributed by atoms with Gasteiger partial charge < -0.3 is 5.11 Å². The van der Waals surface area contributed by atoms with Crippen molar-refractivity contribution in [2.45, 2.75) is 23.1 Å². The van der Waals surface area contributed by atoms with Gasteiger partial charge in [-0.25, -0.2) is 4.79 Å². The molecule has 0 spiro atoms. The molecule has 0 amide bonds. The van der Waals surface area contributed by atoms with E-state index in [4.69, 9.17) is 4.99 Å².